The SMILES string of the molecule is CS(=O)(=O)OC[C@@H](O)c1cc(F)cc(F)c1. The summed E-state index contributed by atoms with van der Waals surface area (Å²) in [6.07, 6.45) is -0.591. The van der Waals surface area contributed by atoms with E-state index >= 15 is 0 Å². The minimum absolute atomic E-state index is 0.0823. The number of aliphatic hydroxyl groups is 1. The molecule has 0 saturated carbocycles. The van der Waals surface area contributed by atoms with E-state index in [9.17, 15) is 22.3 Å². The van der Waals surface area contributed by atoms with Gasteiger partial charge in [0.1, 0.15) is 17.7 Å². The van der Waals surface area contributed by atoms with Gasteiger partial charge in [0.15, 0.2) is 0 Å². The summed E-state index contributed by atoms with van der Waals surface area (Å²) in [7, 11) is -3.69. The Morgan fingerprint density at radius 2 is 1.81 bits per heavy atom. The van der Waals surface area contributed by atoms with Gasteiger partial charge in [-0.05, 0) is 17.7 Å². The summed E-state index contributed by atoms with van der Waals surface area (Å²) in [5.41, 5.74) is -0.0823. The quantitative estimate of drug-likeness (QED) is 0.811. The summed E-state index contributed by atoms with van der Waals surface area (Å²) in [4.78, 5) is 0. The molecule has 90 valence electrons. The zero-order valence-electron chi connectivity index (χ0n) is 8.35. The highest BCUT2D eigenvalue weighted by atomic mass is 32.2. The lowest BCUT2D eigenvalue weighted by Crippen LogP contribution is -2.12. The molecule has 0 aliphatic carbocycles. The van der Waals surface area contributed by atoms with Gasteiger partial charge in [-0.2, -0.15) is 8.42 Å². The largest absolute Gasteiger partial charge is 0.386 e. The van der Waals surface area contributed by atoms with E-state index in [1.54, 1.807) is 0 Å². The van der Waals surface area contributed by atoms with Crippen LogP contribution >= 0.6 is 0 Å². The molecule has 0 radical (unpaired) electrons. The van der Waals surface area contributed by atoms with Crippen LogP contribution in [0.1, 0.15) is 11.7 Å². The Balaban J connectivity index is 2.76. The molecule has 0 fully saturated rings. The van der Waals surface area contributed by atoms with Gasteiger partial charge in [-0.15, -0.1) is 0 Å². The first-order valence-electron chi connectivity index (χ1n) is 4.26. The third-order valence-corrected chi connectivity index (χ3v) is 2.27. The van der Waals surface area contributed by atoms with Crippen molar-refractivity contribution in [3.63, 3.8) is 0 Å². The molecule has 0 aliphatic heterocycles. The molecule has 1 atom stereocenters. The number of aliphatic hydroxyl groups excluding tert-OH is 1. The lowest BCUT2D eigenvalue weighted by molar-refractivity contribution is 0.111. The molecule has 0 saturated heterocycles. The maximum absolute atomic E-state index is 12.8. The first-order valence-corrected chi connectivity index (χ1v) is 6.08. The monoisotopic (exact) mass is 252 g/mol. The summed E-state index contributed by atoms with van der Waals surface area (Å²) in [6.45, 7) is -0.582. The van der Waals surface area contributed by atoms with E-state index in [0.29, 0.717) is 6.07 Å². The molecule has 0 heterocycles. The Labute approximate surface area is 91.6 Å². The van der Waals surface area contributed by atoms with E-state index < -0.39 is 34.5 Å². The molecular weight excluding hydrogens is 242 g/mol. The van der Waals surface area contributed by atoms with Crippen LogP contribution in [0.15, 0.2) is 18.2 Å². The molecule has 0 aromatic heterocycles. The normalized spacial score (nSPS) is 13.8. The Morgan fingerprint density at radius 1 is 1.31 bits per heavy atom. The molecule has 0 bridgehead atoms. The number of benzene rings is 1. The van der Waals surface area contributed by atoms with E-state index in [2.05, 4.69) is 4.18 Å². The van der Waals surface area contributed by atoms with Crippen molar-refractivity contribution in [3.8, 4) is 0 Å². The fourth-order valence-electron chi connectivity index (χ4n) is 1.05. The molecule has 0 unspecified atom stereocenters. The fourth-order valence-corrected chi connectivity index (χ4v) is 1.43. The van der Waals surface area contributed by atoms with Crippen LogP contribution < -0.4 is 0 Å². The topological polar surface area (TPSA) is 63.6 Å². The minimum Gasteiger partial charge on any atom is -0.386 e. The maximum atomic E-state index is 12.8. The zero-order chi connectivity index (χ0) is 12.3. The van der Waals surface area contributed by atoms with Gasteiger partial charge in [0.2, 0.25) is 0 Å². The van der Waals surface area contributed by atoms with Crippen molar-refractivity contribution < 1.29 is 26.5 Å². The summed E-state index contributed by atoms with van der Waals surface area (Å²) in [6, 6.07) is 2.45. The van der Waals surface area contributed by atoms with Crippen molar-refractivity contribution in [3.05, 3.63) is 35.4 Å². The Hall–Kier alpha value is -1.05. The predicted octanol–water partition coefficient (Wildman–Crippen LogP) is 0.974. The van der Waals surface area contributed by atoms with Gasteiger partial charge in [0.25, 0.3) is 10.1 Å². The first kappa shape index (κ1) is 13.0. The summed E-state index contributed by atoms with van der Waals surface area (Å²) >= 11 is 0. The Bertz CT molecular complexity index is 452. The van der Waals surface area contributed by atoms with Gasteiger partial charge in [-0.25, -0.2) is 8.78 Å². The van der Waals surface area contributed by atoms with Crippen LogP contribution in [0.25, 0.3) is 0 Å². The highest BCUT2D eigenvalue weighted by Crippen LogP contribution is 2.16. The zero-order valence-corrected chi connectivity index (χ0v) is 9.17. The summed E-state index contributed by atoms with van der Waals surface area (Å²) < 4.78 is 51.0. The lowest BCUT2D eigenvalue weighted by atomic mass is 10.1. The van der Waals surface area contributed by atoms with E-state index in [4.69, 9.17) is 0 Å². The van der Waals surface area contributed by atoms with Crippen molar-refractivity contribution >= 4 is 10.1 Å². The number of hydrogen-bond acceptors (Lipinski definition) is 4. The van der Waals surface area contributed by atoms with Crippen LogP contribution in [-0.4, -0.2) is 26.4 Å². The van der Waals surface area contributed by atoms with E-state index in [-0.39, 0.29) is 5.56 Å². The van der Waals surface area contributed by atoms with Crippen molar-refractivity contribution in [1.29, 1.82) is 0 Å². The van der Waals surface area contributed by atoms with Crippen molar-refractivity contribution in [2.45, 2.75) is 6.10 Å². The number of rotatable bonds is 4. The lowest BCUT2D eigenvalue weighted by Gasteiger charge is -2.10. The first-order chi connectivity index (χ1) is 7.28. The average Bonchev–Trinajstić information content (AvgIpc) is 2.11. The van der Waals surface area contributed by atoms with Crippen LogP contribution in [0.3, 0.4) is 0 Å². The smallest absolute Gasteiger partial charge is 0.264 e. The summed E-state index contributed by atoms with van der Waals surface area (Å²) in [5.74, 6) is -1.71. The van der Waals surface area contributed by atoms with Gasteiger partial charge in [-0.3, -0.25) is 4.18 Å². The predicted molar refractivity (Wildman–Crippen MR) is 52.1 cm³/mol. The number of hydrogen-bond donors (Lipinski definition) is 1. The molecule has 1 N–H and O–H groups in total. The minimum atomic E-state index is -3.69. The van der Waals surface area contributed by atoms with Gasteiger partial charge >= 0.3 is 0 Å². The highest BCUT2D eigenvalue weighted by molar-refractivity contribution is 7.85. The van der Waals surface area contributed by atoms with E-state index in [1.165, 1.54) is 0 Å². The molecule has 0 spiro atoms. The maximum Gasteiger partial charge on any atom is 0.264 e. The molecule has 0 aliphatic rings. The second-order valence-corrected chi connectivity index (χ2v) is 4.85. The highest BCUT2D eigenvalue weighted by Gasteiger charge is 2.13. The van der Waals surface area contributed by atoms with Crippen LogP contribution in [0.2, 0.25) is 0 Å². The van der Waals surface area contributed by atoms with Crippen molar-refractivity contribution in [1.82, 2.24) is 0 Å². The molecule has 1 aromatic carbocycles. The second kappa shape index (κ2) is 4.86. The molecule has 16 heavy (non-hydrogen) atoms. The molecule has 0 amide bonds. The van der Waals surface area contributed by atoms with Gasteiger partial charge in [-0.1, -0.05) is 0 Å². The Morgan fingerprint density at radius 3 is 2.25 bits per heavy atom. The fraction of sp³-hybridized carbons (Fsp3) is 0.333. The molecule has 4 nitrogen and oxygen atoms in total. The van der Waals surface area contributed by atoms with Crippen LogP contribution in [-0.2, 0) is 14.3 Å². The molecule has 1 aromatic rings. The third kappa shape index (κ3) is 4.21. The Kier molecular flexibility index (Phi) is 3.95. The second-order valence-electron chi connectivity index (χ2n) is 3.21. The third-order valence-electron chi connectivity index (χ3n) is 1.71. The average molecular weight is 252 g/mol. The van der Waals surface area contributed by atoms with Gasteiger partial charge < -0.3 is 5.11 Å². The van der Waals surface area contributed by atoms with E-state index in [1.807, 2.05) is 0 Å². The van der Waals surface area contributed by atoms with Gasteiger partial charge in [0.05, 0.1) is 12.9 Å². The van der Waals surface area contributed by atoms with Crippen LogP contribution in [0, 0.1) is 11.6 Å². The molecule has 7 heteroatoms. The molecule has 1 rings (SSSR count). The molecular formula is C9H10F2O4S. The van der Waals surface area contributed by atoms with Crippen molar-refractivity contribution in [2.24, 2.45) is 0 Å². The van der Waals surface area contributed by atoms with Crippen LogP contribution in [0.5, 0.6) is 0 Å². The summed E-state index contributed by atoms with van der Waals surface area (Å²) in [5, 5.41) is 9.41. The number of halogens is 2. The standard InChI is InChI=1S/C9H10F2O4S/c1-16(13,14)15-5-9(12)6-2-7(10)4-8(11)3-6/h2-4,9,12H,5H2,1H3/t9-/m1/s1. The van der Waals surface area contributed by atoms with Crippen molar-refractivity contribution in [2.75, 3.05) is 12.9 Å². The van der Waals surface area contributed by atoms with Gasteiger partial charge in [0, 0.05) is 6.07 Å². The van der Waals surface area contributed by atoms with Crippen LogP contribution in [0.4, 0.5) is 8.78 Å². The van der Waals surface area contributed by atoms with E-state index in [0.717, 1.165) is 18.4 Å².